The van der Waals surface area contributed by atoms with Crippen molar-refractivity contribution in [3.8, 4) is 0 Å². The minimum atomic E-state index is -3.05. The topological polar surface area (TPSA) is 58.2 Å². The van der Waals surface area contributed by atoms with Crippen molar-refractivity contribution in [2.24, 2.45) is 0 Å². The number of hydrogen-bond donors (Lipinski definition) is 2. The van der Waals surface area contributed by atoms with E-state index in [9.17, 15) is 8.42 Å². The van der Waals surface area contributed by atoms with Gasteiger partial charge in [0.05, 0.1) is 5.25 Å². The van der Waals surface area contributed by atoms with Crippen LogP contribution in [0.1, 0.15) is 51.4 Å². The predicted octanol–water partition coefficient (Wildman–Crippen LogP) is 1.38. The Bertz CT molecular complexity index is 317. The summed E-state index contributed by atoms with van der Waals surface area (Å²) in [7, 11) is -3.05. The van der Waals surface area contributed by atoms with Crippen molar-refractivity contribution in [1.82, 2.24) is 10.0 Å². The maximum atomic E-state index is 12.0. The summed E-state index contributed by atoms with van der Waals surface area (Å²) >= 11 is 0. The third-order valence-electron chi connectivity index (χ3n) is 3.95. The van der Waals surface area contributed by atoms with Gasteiger partial charge in [0, 0.05) is 12.6 Å². The first-order valence-corrected chi connectivity index (χ1v) is 8.45. The molecule has 1 atom stereocenters. The van der Waals surface area contributed by atoms with Crippen LogP contribution in [0.5, 0.6) is 0 Å². The minimum absolute atomic E-state index is 0.132. The van der Waals surface area contributed by atoms with Gasteiger partial charge in [-0.3, -0.25) is 0 Å². The monoisotopic (exact) mass is 260 g/mol. The van der Waals surface area contributed by atoms with Crippen molar-refractivity contribution >= 4 is 10.0 Å². The molecule has 2 rings (SSSR count). The van der Waals surface area contributed by atoms with E-state index in [0.29, 0.717) is 12.6 Å². The second-order valence-electron chi connectivity index (χ2n) is 5.28. The first-order valence-electron chi connectivity index (χ1n) is 6.90. The van der Waals surface area contributed by atoms with Crippen molar-refractivity contribution in [3.05, 3.63) is 0 Å². The van der Waals surface area contributed by atoms with Crippen LogP contribution in [0.2, 0.25) is 0 Å². The Labute approximate surface area is 105 Å². The Balaban J connectivity index is 1.72. The molecule has 1 aliphatic carbocycles. The predicted molar refractivity (Wildman–Crippen MR) is 69.4 cm³/mol. The van der Waals surface area contributed by atoms with Gasteiger partial charge < -0.3 is 5.32 Å². The molecule has 0 aromatic heterocycles. The lowest BCUT2D eigenvalue weighted by Gasteiger charge is -2.22. The zero-order valence-corrected chi connectivity index (χ0v) is 11.3. The second-order valence-corrected chi connectivity index (χ2v) is 7.33. The molecule has 100 valence electrons. The van der Waals surface area contributed by atoms with Crippen LogP contribution in [-0.4, -0.2) is 32.8 Å². The highest BCUT2D eigenvalue weighted by Crippen LogP contribution is 2.23. The molecule has 5 heteroatoms. The highest BCUT2D eigenvalue weighted by Gasteiger charge is 2.26. The Kier molecular flexibility index (Phi) is 4.82. The summed E-state index contributed by atoms with van der Waals surface area (Å²) in [5, 5.41) is 3.26. The molecule has 0 aromatic rings. The van der Waals surface area contributed by atoms with Crippen molar-refractivity contribution in [2.45, 2.75) is 62.7 Å². The summed E-state index contributed by atoms with van der Waals surface area (Å²) < 4.78 is 26.8. The maximum Gasteiger partial charge on any atom is 0.214 e. The molecule has 1 heterocycles. The fourth-order valence-electron chi connectivity index (χ4n) is 2.87. The van der Waals surface area contributed by atoms with E-state index < -0.39 is 10.0 Å². The van der Waals surface area contributed by atoms with E-state index in [4.69, 9.17) is 0 Å². The van der Waals surface area contributed by atoms with Gasteiger partial charge in [0.25, 0.3) is 0 Å². The van der Waals surface area contributed by atoms with Crippen LogP contribution in [0, 0.1) is 0 Å². The molecular formula is C12H24N2O2S. The van der Waals surface area contributed by atoms with Gasteiger partial charge in [-0.2, -0.15) is 0 Å². The third-order valence-corrected chi connectivity index (χ3v) is 5.91. The van der Waals surface area contributed by atoms with Gasteiger partial charge in [-0.1, -0.05) is 19.3 Å². The number of rotatable bonds is 5. The van der Waals surface area contributed by atoms with Crippen molar-refractivity contribution in [2.75, 3.05) is 13.1 Å². The van der Waals surface area contributed by atoms with Crippen LogP contribution in [0.4, 0.5) is 0 Å². The van der Waals surface area contributed by atoms with Crippen LogP contribution < -0.4 is 10.0 Å². The lowest BCUT2D eigenvalue weighted by atomic mass is 10.0. The SMILES string of the molecule is O=S(=O)(NCC[C@@H]1CCCN1)C1CCCCC1. The summed E-state index contributed by atoms with van der Waals surface area (Å²) in [4.78, 5) is 0. The fraction of sp³-hybridized carbons (Fsp3) is 1.00. The third kappa shape index (κ3) is 3.93. The molecular weight excluding hydrogens is 236 g/mol. The molecule has 2 fully saturated rings. The van der Waals surface area contributed by atoms with Crippen molar-refractivity contribution in [3.63, 3.8) is 0 Å². The van der Waals surface area contributed by atoms with Crippen LogP contribution >= 0.6 is 0 Å². The van der Waals surface area contributed by atoms with Crippen LogP contribution in [0.3, 0.4) is 0 Å². The molecule has 2 N–H and O–H groups in total. The largest absolute Gasteiger partial charge is 0.314 e. The summed E-state index contributed by atoms with van der Waals surface area (Å²) in [6.45, 7) is 1.68. The van der Waals surface area contributed by atoms with E-state index in [-0.39, 0.29) is 5.25 Å². The van der Waals surface area contributed by atoms with Gasteiger partial charge in [-0.05, 0) is 38.6 Å². The molecule has 17 heavy (non-hydrogen) atoms. The number of hydrogen-bond acceptors (Lipinski definition) is 3. The molecule has 1 aliphatic heterocycles. The molecule has 2 aliphatic rings. The standard InChI is InChI=1S/C12H24N2O2S/c15-17(16,12-6-2-1-3-7-12)14-10-8-11-5-4-9-13-11/h11-14H,1-10H2/t11-/m0/s1. The van der Waals surface area contributed by atoms with Gasteiger partial charge in [0.2, 0.25) is 10.0 Å². The normalized spacial score (nSPS) is 27.4. The molecule has 0 aromatic carbocycles. The first kappa shape index (κ1) is 13.3. The average Bonchev–Trinajstić information content (AvgIpc) is 2.83. The number of sulfonamides is 1. The van der Waals surface area contributed by atoms with Gasteiger partial charge >= 0.3 is 0 Å². The zero-order valence-electron chi connectivity index (χ0n) is 10.5. The van der Waals surface area contributed by atoms with E-state index >= 15 is 0 Å². The second kappa shape index (κ2) is 6.16. The average molecular weight is 260 g/mol. The van der Waals surface area contributed by atoms with Gasteiger partial charge in [0.1, 0.15) is 0 Å². The molecule has 1 saturated heterocycles. The summed E-state index contributed by atoms with van der Waals surface area (Å²) in [6, 6.07) is 0.518. The lowest BCUT2D eigenvalue weighted by molar-refractivity contribution is 0.474. The van der Waals surface area contributed by atoms with E-state index in [1.54, 1.807) is 0 Å². The van der Waals surface area contributed by atoms with Gasteiger partial charge in [-0.15, -0.1) is 0 Å². The quantitative estimate of drug-likeness (QED) is 0.785. The van der Waals surface area contributed by atoms with E-state index in [0.717, 1.165) is 38.6 Å². The first-order chi connectivity index (χ1) is 8.18. The zero-order chi connectivity index (χ0) is 12.1. The molecule has 1 saturated carbocycles. The number of nitrogens with one attached hydrogen (secondary N) is 2. The van der Waals surface area contributed by atoms with Crippen LogP contribution in [0.15, 0.2) is 0 Å². The molecule has 0 unspecified atom stereocenters. The maximum absolute atomic E-state index is 12.0. The van der Waals surface area contributed by atoms with E-state index in [2.05, 4.69) is 10.0 Å². The van der Waals surface area contributed by atoms with E-state index in [1.807, 2.05) is 0 Å². The summed E-state index contributed by atoms with van der Waals surface area (Å²) in [5.41, 5.74) is 0. The van der Waals surface area contributed by atoms with Crippen molar-refractivity contribution in [1.29, 1.82) is 0 Å². The molecule has 0 spiro atoms. The fourth-order valence-corrected chi connectivity index (χ4v) is 4.46. The molecule has 0 radical (unpaired) electrons. The Morgan fingerprint density at radius 3 is 2.47 bits per heavy atom. The Morgan fingerprint density at radius 1 is 1.06 bits per heavy atom. The summed E-state index contributed by atoms with van der Waals surface area (Å²) in [6.07, 6.45) is 8.34. The highest BCUT2D eigenvalue weighted by atomic mass is 32.2. The van der Waals surface area contributed by atoms with Crippen molar-refractivity contribution < 1.29 is 8.42 Å². The molecule has 0 amide bonds. The summed E-state index contributed by atoms with van der Waals surface area (Å²) in [5.74, 6) is 0. The molecule has 4 nitrogen and oxygen atoms in total. The van der Waals surface area contributed by atoms with Crippen LogP contribution in [0.25, 0.3) is 0 Å². The van der Waals surface area contributed by atoms with Gasteiger partial charge in [0.15, 0.2) is 0 Å². The van der Waals surface area contributed by atoms with E-state index in [1.165, 1.54) is 19.3 Å². The minimum Gasteiger partial charge on any atom is -0.314 e. The Morgan fingerprint density at radius 2 is 1.82 bits per heavy atom. The Hall–Kier alpha value is -0.130. The lowest BCUT2D eigenvalue weighted by Crippen LogP contribution is -2.37. The smallest absolute Gasteiger partial charge is 0.214 e. The van der Waals surface area contributed by atoms with Gasteiger partial charge in [-0.25, -0.2) is 13.1 Å². The highest BCUT2D eigenvalue weighted by molar-refractivity contribution is 7.90. The molecule has 0 bridgehead atoms. The van der Waals surface area contributed by atoms with Crippen LogP contribution in [-0.2, 0) is 10.0 Å².